The molecule has 6 nitrogen and oxygen atoms in total. The van der Waals surface area contributed by atoms with Crippen molar-refractivity contribution in [1.29, 1.82) is 0 Å². The van der Waals surface area contributed by atoms with Gasteiger partial charge in [0.25, 0.3) is 5.56 Å². The minimum atomic E-state index is -0.0935. The molecule has 0 atom stereocenters. The first kappa shape index (κ1) is 22.0. The van der Waals surface area contributed by atoms with E-state index in [0.29, 0.717) is 11.7 Å². The van der Waals surface area contributed by atoms with Crippen LogP contribution in [0.1, 0.15) is 53.4 Å². The monoisotopic (exact) mass is 478 g/mol. The number of fused-ring (bicyclic) bond motifs is 3. The Morgan fingerprint density at radius 1 is 1.18 bits per heavy atom. The van der Waals surface area contributed by atoms with Crippen LogP contribution < -0.4 is 10.5 Å². The van der Waals surface area contributed by atoms with Crippen molar-refractivity contribution in [1.82, 2.24) is 14.5 Å². The molecule has 0 saturated carbocycles. The summed E-state index contributed by atoms with van der Waals surface area (Å²) in [7, 11) is 0. The Morgan fingerprint density at radius 3 is 2.79 bits per heavy atom. The second kappa shape index (κ2) is 8.83. The van der Waals surface area contributed by atoms with Gasteiger partial charge in [0.1, 0.15) is 4.83 Å². The third-order valence-electron chi connectivity index (χ3n) is 6.16. The lowest BCUT2D eigenvalue weighted by molar-refractivity contribution is -0.115. The summed E-state index contributed by atoms with van der Waals surface area (Å²) in [6, 6.07) is 6.01. The SMILES string of the molecule is CC(=O)N(c1nc(Cn2cnc3sc4c(c3c2=O)CCCCC4)cs1)c1ccc(C)cc1C. The molecule has 0 radical (unpaired) electrons. The van der Waals surface area contributed by atoms with Gasteiger partial charge >= 0.3 is 0 Å². The first-order valence-electron chi connectivity index (χ1n) is 11.2. The highest BCUT2D eigenvalue weighted by molar-refractivity contribution is 7.18. The molecule has 0 aliphatic heterocycles. The topological polar surface area (TPSA) is 68.1 Å². The van der Waals surface area contributed by atoms with Gasteiger partial charge in [-0.3, -0.25) is 19.1 Å². The predicted octanol–water partition coefficient (Wildman–Crippen LogP) is 5.53. The van der Waals surface area contributed by atoms with Gasteiger partial charge in [0, 0.05) is 17.2 Å². The summed E-state index contributed by atoms with van der Waals surface area (Å²) in [5.41, 5.74) is 4.95. The molecule has 0 bridgehead atoms. The Labute approximate surface area is 200 Å². The van der Waals surface area contributed by atoms with E-state index in [2.05, 4.69) is 11.1 Å². The third-order valence-corrected chi connectivity index (χ3v) is 8.24. The van der Waals surface area contributed by atoms with E-state index in [-0.39, 0.29) is 11.5 Å². The number of rotatable bonds is 4. The van der Waals surface area contributed by atoms with Crippen molar-refractivity contribution in [2.45, 2.75) is 59.4 Å². The Kier molecular flexibility index (Phi) is 5.88. The molecular formula is C25H26N4O2S2. The number of thiophene rings is 1. The van der Waals surface area contributed by atoms with Crippen LogP contribution in [0.3, 0.4) is 0 Å². The van der Waals surface area contributed by atoms with Crippen LogP contribution in [0.15, 0.2) is 34.7 Å². The minimum absolute atomic E-state index is 0.00625. The fourth-order valence-corrected chi connectivity index (χ4v) is 6.67. The van der Waals surface area contributed by atoms with Gasteiger partial charge in [-0.15, -0.1) is 22.7 Å². The number of aromatic nitrogens is 3. The Morgan fingerprint density at radius 2 is 2.00 bits per heavy atom. The number of nitrogens with zero attached hydrogens (tertiary/aromatic N) is 4. The summed E-state index contributed by atoms with van der Waals surface area (Å²) in [4.78, 5) is 39.0. The molecule has 1 aliphatic rings. The average Bonchev–Trinajstić information content (AvgIpc) is 3.29. The summed E-state index contributed by atoms with van der Waals surface area (Å²) in [5.74, 6) is -0.0935. The lowest BCUT2D eigenvalue weighted by Crippen LogP contribution is -2.24. The van der Waals surface area contributed by atoms with Crippen LogP contribution in [0.5, 0.6) is 0 Å². The average molecular weight is 479 g/mol. The summed E-state index contributed by atoms with van der Waals surface area (Å²) in [6.45, 7) is 5.91. The fourth-order valence-electron chi connectivity index (χ4n) is 4.58. The van der Waals surface area contributed by atoms with E-state index >= 15 is 0 Å². The number of thiazole rings is 1. The van der Waals surface area contributed by atoms with Gasteiger partial charge < -0.3 is 0 Å². The quantitative estimate of drug-likeness (QED) is 0.362. The zero-order valence-electron chi connectivity index (χ0n) is 19.1. The molecule has 0 spiro atoms. The molecule has 4 aromatic rings. The van der Waals surface area contributed by atoms with Crippen LogP contribution in [0.4, 0.5) is 10.8 Å². The van der Waals surface area contributed by atoms with E-state index < -0.39 is 0 Å². The Bertz CT molecular complexity index is 1420. The largest absolute Gasteiger partial charge is 0.293 e. The van der Waals surface area contributed by atoms with Crippen molar-refractivity contribution in [3.8, 4) is 0 Å². The summed E-state index contributed by atoms with van der Waals surface area (Å²) < 4.78 is 1.65. The Balaban J connectivity index is 1.48. The Hall–Kier alpha value is -2.84. The molecule has 0 N–H and O–H groups in total. The van der Waals surface area contributed by atoms with Crippen molar-refractivity contribution in [3.05, 3.63) is 67.5 Å². The molecule has 1 aromatic carbocycles. The van der Waals surface area contributed by atoms with Crippen LogP contribution in [0.25, 0.3) is 10.2 Å². The predicted molar refractivity (Wildman–Crippen MR) is 135 cm³/mol. The maximum Gasteiger partial charge on any atom is 0.262 e. The van der Waals surface area contributed by atoms with E-state index in [0.717, 1.165) is 52.0 Å². The molecule has 1 aliphatic carbocycles. The molecule has 170 valence electrons. The maximum atomic E-state index is 13.4. The highest BCUT2D eigenvalue weighted by Gasteiger charge is 2.22. The van der Waals surface area contributed by atoms with Gasteiger partial charge in [0.05, 0.1) is 29.6 Å². The van der Waals surface area contributed by atoms with E-state index in [1.54, 1.807) is 34.1 Å². The van der Waals surface area contributed by atoms with E-state index in [1.807, 2.05) is 31.4 Å². The van der Waals surface area contributed by atoms with Gasteiger partial charge in [-0.2, -0.15) is 0 Å². The highest BCUT2D eigenvalue weighted by Crippen LogP contribution is 2.34. The number of amides is 1. The van der Waals surface area contributed by atoms with Crippen LogP contribution in [-0.2, 0) is 24.2 Å². The number of aryl methyl sites for hydroxylation is 4. The highest BCUT2D eigenvalue weighted by atomic mass is 32.1. The van der Waals surface area contributed by atoms with Crippen molar-refractivity contribution in [3.63, 3.8) is 0 Å². The molecule has 0 saturated heterocycles. The van der Waals surface area contributed by atoms with Crippen molar-refractivity contribution in [2.75, 3.05) is 4.90 Å². The van der Waals surface area contributed by atoms with Crippen molar-refractivity contribution >= 4 is 49.6 Å². The van der Waals surface area contributed by atoms with Crippen LogP contribution in [0.2, 0.25) is 0 Å². The summed E-state index contributed by atoms with van der Waals surface area (Å²) >= 11 is 3.08. The van der Waals surface area contributed by atoms with Crippen molar-refractivity contribution in [2.24, 2.45) is 0 Å². The molecule has 5 rings (SSSR count). The van der Waals surface area contributed by atoms with Gasteiger partial charge in [0.2, 0.25) is 5.91 Å². The van der Waals surface area contributed by atoms with Gasteiger partial charge in [-0.1, -0.05) is 24.1 Å². The van der Waals surface area contributed by atoms with Gasteiger partial charge in [-0.05, 0) is 56.7 Å². The summed E-state index contributed by atoms with van der Waals surface area (Å²) in [5, 5.41) is 3.31. The molecule has 3 aromatic heterocycles. The lowest BCUT2D eigenvalue weighted by atomic mass is 10.1. The second-order valence-corrected chi connectivity index (χ2v) is 10.6. The van der Waals surface area contributed by atoms with Crippen LogP contribution >= 0.6 is 22.7 Å². The smallest absolute Gasteiger partial charge is 0.262 e. The van der Waals surface area contributed by atoms with E-state index in [1.165, 1.54) is 34.6 Å². The molecule has 8 heteroatoms. The number of benzene rings is 1. The third kappa shape index (κ3) is 4.13. The normalized spacial score (nSPS) is 13.7. The minimum Gasteiger partial charge on any atom is -0.293 e. The zero-order valence-corrected chi connectivity index (χ0v) is 20.7. The van der Waals surface area contributed by atoms with Crippen LogP contribution in [-0.4, -0.2) is 20.4 Å². The fraction of sp³-hybridized carbons (Fsp3) is 0.360. The van der Waals surface area contributed by atoms with Gasteiger partial charge in [0.15, 0.2) is 5.13 Å². The first-order chi connectivity index (χ1) is 15.9. The molecule has 3 heterocycles. The number of carbonyl (C=O) groups excluding carboxylic acids is 1. The second-order valence-electron chi connectivity index (χ2n) is 8.69. The maximum absolute atomic E-state index is 13.4. The zero-order chi connectivity index (χ0) is 23.1. The lowest BCUT2D eigenvalue weighted by Gasteiger charge is -2.20. The molecule has 33 heavy (non-hydrogen) atoms. The molecule has 0 unspecified atom stereocenters. The van der Waals surface area contributed by atoms with Gasteiger partial charge in [-0.25, -0.2) is 9.97 Å². The summed E-state index contributed by atoms with van der Waals surface area (Å²) in [6.07, 6.45) is 7.16. The number of anilines is 2. The number of hydrogen-bond acceptors (Lipinski definition) is 6. The first-order valence-corrected chi connectivity index (χ1v) is 12.9. The standard InChI is InChI=1S/C25H26N4O2S2/c1-15-9-10-20(16(2)11-15)29(17(3)30)25-27-18(13-32-25)12-28-14-26-23-22(24(28)31)19-7-5-4-6-8-21(19)33-23/h9-11,13-14H,4-8,12H2,1-3H3. The van der Waals surface area contributed by atoms with E-state index in [9.17, 15) is 9.59 Å². The number of carbonyl (C=O) groups is 1. The molecular weight excluding hydrogens is 452 g/mol. The van der Waals surface area contributed by atoms with E-state index in [4.69, 9.17) is 4.98 Å². The van der Waals surface area contributed by atoms with Crippen molar-refractivity contribution < 1.29 is 4.79 Å². The number of hydrogen-bond donors (Lipinski definition) is 0. The van der Waals surface area contributed by atoms with Crippen LogP contribution in [0, 0.1) is 13.8 Å². The molecule has 1 amide bonds. The molecule has 0 fully saturated rings.